The van der Waals surface area contributed by atoms with Crippen molar-refractivity contribution in [3.63, 3.8) is 0 Å². The van der Waals surface area contributed by atoms with Crippen LogP contribution in [0.4, 0.5) is 5.69 Å². The molecule has 0 aliphatic rings. The molecular weight excluding hydrogens is 328 g/mol. The number of hydrogen-bond acceptors (Lipinski definition) is 3. The first kappa shape index (κ1) is 17.8. The summed E-state index contributed by atoms with van der Waals surface area (Å²) in [7, 11) is 0. The van der Waals surface area contributed by atoms with E-state index in [-0.39, 0.29) is 11.8 Å². The normalized spacial score (nSPS) is 11.5. The molecule has 0 aromatic heterocycles. The summed E-state index contributed by atoms with van der Waals surface area (Å²) < 4.78 is 5.58. The van der Waals surface area contributed by atoms with Gasteiger partial charge in [-0.3, -0.25) is 9.59 Å². The molecule has 5 nitrogen and oxygen atoms in total. The average molecular weight is 347 g/mol. The second kappa shape index (κ2) is 8.36. The number of benzene rings is 2. The van der Waals surface area contributed by atoms with Gasteiger partial charge in [0.25, 0.3) is 11.8 Å². The van der Waals surface area contributed by atoms with E-state index < -0.39 is 6.10 Å². The Labute approximate surface area is 146 Å². The minimum absolute atomic E-state index is 0.243. The maximum absolute atomic E-state index is 12.3. The van der Waals surface area contributed by atoms with Crippen LogP contribution >= 0.6 is 11.6 Å². The molecular formula is C18H19ClN2O3. The summed E-state index contributed by atoms with van der Waals surface area (Å²) >= 11 is 6.03. The van der Waals surface area contributed by atoms with E-state index in [4.69, 9.17) is 16.3 Å². The van der Waals surface area contributed by atoms with Crippen LogP contribution in [0.5, 0.6) is 5.75 Å². The Kier molecular flexibility index (Phi) is 6.21. The van der Waals surface area contributed by atoms with Crippen molar-refractivity contribution in [2.75, 3.05) is 11.9 Å². The van der Waals surface area contributed by atoms with E-state index in [1.165, 1.54) is 0 Å². The molecule has 2 N–H and O–H groups in total. The predicted octanol–water partition coefficient (Wildman–Crippen LogP) is 3.50. The lowest BCUT2D eigenvalue weighted by Crippen LogP contribution is -2.31. The number of nitrogens with one attached hydrogen (secondary N) is 2. The number of ether oxygens (including phenoxy) is 1. The highest BCUT2D eigenvalue weighted by Crippen LogP contribution is 2.24. The van der Waals surface area contributed by atoms with Gasteiger partial charge in [0, 0.05) is 6.54 Å². The van der Waals surface area contributed by atoms with E-state index in [9.17, 15) is 9.59 Å². The van der Waals surface area contributed by atoms with Gasteiger partial charge < -0.3 is 15.4 Å². The molecule has 2 aromatic rings. The molecule has 0 heterocycles. The maximum Gasteiger partial charge on any atom is 0.265 e. The van der Waals surface area contributed by atoms with Crippen LogP contribution in [0.3, 0.4) is 0 Å². The number of rotatable bonds is 6. The highest BCUT2D eigenvalue weighted by molar-refractivity contribution is 6.32. The van der Waals surface area contributed by atoms with Gasteiger partial charge in [-0.2, -0.15) is 0 Å². The Bertz CT molecular complexity index is 734. The Morgan fingerprint density at radius 2 is 1.79 bits per heavy atom. The minimum atomic E-state index is -0.771. The molecule has 24 heavy (non-hydrogen) atoms. The van der Waals surface area contributed by atoms with Crippen LogP contribution in [0.2, 0.25) is 5.02 Å². The fourth-order valence-electron chi connectivity index (χ4n) is 2.06. The summed E-state index contributed by atoms with van der Waals surface area (Å²) in [5, 5.41) is 5.86. The molecule has 2 rings (SSSR count). The van der Waals surface area contributed by atoms with Gasteiger partial charge in [-0.15, -0.1) is 0 Å². The van der Waals surface area contributed by atoms with Crippen LogP contribution < -0.4 is 15.4 Å². The number of halogens is 1. The molecule has 0 fully saturated rings. The van der Waals surface area contributed by atoms with Gasteiger partial charge in [-0.05, 0) is 38.1 Å². The van der Waals surface area contributed by atoms with Crippen LogP contribution in [-0.2, 0) is 4.79 Å². The lowest BCUT2D eigenvalue weighted by molar-refractivity contribution is -0.122. The van der Waals surface area contributed by atoms with Gasteiger partial charge in [-0.25, -0.2) is 0 Å². The fourth-order valence-corrected chi connectivity index (χ4v) is 2.24. The van der Waals surface area contributed by atoms with Crippen molar-refractivity contribution >= 4 is 29.1 Å². The van der Waals surface area contributed by atoms with Crippen LogP contribution in [0.1, 0.15) is 24.2 Å². The highest BCUT2D eigenvalue weighted by Gasteiger charge is 2.19. The van der Waals surface area contributed by atoms with Crippen LogP contribution in [0, 0.1) is 0 Å². The molecule has 0 spiro atoms. The molecule has 0 unspecified atom stereocenters. The third kappa shape index (κ3) is 4.49. The monoisotopic (exact) mass is 346 g/mol. The molecule has 0 radical (unpaired) electrons. The van der Waals surface area contributed by atoms with Gasteiger partial charge >= 0.3 is 0 Å². The molecule has 6 heteroatoms. The van der Waals surface area contributed by atoms with Crippen molar-refractivity contribution in [1.29, 1.82) is 0 Å². The van der Waals surface area contributed by atoms with E-state index in [1.54, 1.807) is 55.5 Å². The number of hydrogen-bond donors (Lipinski definition) is 2. The second-order valence-electron chi connectivity index (χ2n) is 5.08. The molecule has 0 saturated heterocycles. The quantitative estimate of drug-likeness (QED) is 0.841. The topological polar surface area (TPSA) is 67.4 Å². The summed E-state index contributed by atoms with van der Waals surface area (Å²) in [4.78, 5) is 24.4. The molecule has 1 atom stereocenters. The number of carbonyl (C=O) groups excluding carboxylic acids is 2. The summed E-state index contributed by atoms with van der Waals surface area (Å²) in [6, 6.07) is 13.7. The van der Waals surface area contributed by atoms with Gasteiger partial charge in [0.1, 0.15) is 5.75 Å². The first-order chi connectivity index (χ1) is 11.5. The fraction of sp³-hybridized carbons (Fsp3) is 0.222. The third-order valence-electron chi connectivity index (χ3n) is 3.28. The summed E-state index contributed by atoms with van der Waals surface area (Å²) in [5.41, 5.74) is 0.834. The van der Waals surface area contributed by atoms with E-state index in [1.807, 2.05) is 6.92 Å². The SMILES string of the molecule is CCNC(=O)c1ccccc1NC(=O)[C@@H](C)Oc1ccccc1Cl. The number of para-hydroxylation sites is 2. The van der Waals surface area contributed by atoms with Gasteiger partial charge in [-0.1, -0.05) is 35.9 Å². The molecule has 2 aromatic carbocycles. The first-order valence-electron chi connectivity index (χ1n) is 7.62. The standard InChI is InChI=1S/C18H19ClN2O3/c1-3-20-18(23)13-8-4-6-10-15(13)21-17(22)12(2)24-16-11-7-5-9-14(16)19/h4-12H,3H2,1-2H3,(H,20,23)(H,21,22)/t12-/m1/s1. The zero-order valence-corrected chi connectivity index (χ0v) is 14.3. The maximum atomic E-state index is 12.3. The van der Waals surface area contributed by atoms with Crippen LogP contribution in [-0.4, -0.2) is 24.5 Å². The summed E-state index contributed by atoms with van der Waals surface area (Å²) in [5.74, 6) is -0.182. The van der Waals surface area contributed by atoms with Crippen LogP contribution in [0.15, 0.2) is 48.5 Å². The minimum Gasteiger partial charge on any atom is -0.479 e. The highest BCUT2D eigenvalue weighted by atomic mass is 35.5. The van der Waals surface area contributed by atoms with Crippen molar-refractivity contribution in [3.05, 3.63) is 59.1 Å². The predicted molar refractivity (Wildman–Crippen MR) is 94.6 cm³/mol. The average Bonchev–Trinajstić information content (AvgIpc) is 2.57. The van der Waals surface area contributed by atoms with Gasteiger partial charge in [0.05, 0.1) is 16.3 Å². The smallest absolute Gasteiger partial charge is 0.265 e. The zero-order valence-electron chi connectivity index (χ0n) is 13.5. The van der Waals surface area contributed by atoms with E-state index in [2.05, 4.69) is 10.6 Å². The Morgan fingerprint density at radius 1 is 1.12 bits per heavy atom. The molecule has 0 saturated carbocycles. The zero-order chi connectivity index (χ0) is 17.5. The van der Waals surface area contributed by atoms with E-state index in [0.29, 0.717) is 28.6 Å². The molecule has 2 amide bonds. The Hall–Kier alpha value is -2.53. The molecule has 0 aliphatic carbocycles. The van der Waals surface area contributed by atoms with Crippen molar-refractivity contribution in [1.82, 2.24) is 5.32 Å². The van der Waals surface area contributed by atoms with Crippen LogP contribution in [0.25, 0.3) is 0 Å². The Balaban J connectivity index is 2.09. The van der Waals surface area contributed by atoms with Crippen molar-refractivity contribution in [2.45, 2.75) is 20.0 Å². The number of anilines is 1. The largest absolute Gasteiger partial charge is 0.479 e. The van der Waals surface area contributed by atoms with Crippen molar-refractivity contribution in [2.24, 2.45) is 0 Å². The summed E-state index contributed by atoms with van der Waals surface area (Å²) in [6.07, 6.45) is -0.771. The van der Waals surface area contributed by atoms with Crippen molar-refractivity contribution in [3.8, 4) is 5.75 Å². The van der Waals surface area contributed by atoms with Gasteiger partial charge in [0.2, 0.25) is 0 Å². The number of amides is 2. The van der Waals surface area contributed by atoms with Gasteiger partial charge in [0.15, 0.2) is 6.10 Å². The third-order valence-corrected chi connectivity index (χ3v) is 3.59. The molecule has 0 aliphatic heterocycles. The lowest BCUT2D eigenvalue weighted by atomic mass is 10.1. The lowest BCUT2D eigenvalue weighted by Gasteiger charge is -2.17. The Morgan fingerprint density at radius 3 is 2.50 bits per heavy atom. The van der Waals surface area contributed by atoms with E-state index in [0.717, 1.165) is 0 Å². The van der Waals surface area contributed by atoms with Crippen molar-refractivity contribution < 1.29 is 14.3 Å². The molecule has 0 bridgehead atoms. The first-order valence-corrected chi connectivity index (χ1v) is 8.00. The number of carbonyl (C=O) groups is 2. The van der Waals surface area contributed by atoms with E-state index >= 15 is 0 Å². The molecule has 126 valence electrons. The second-order valence-corrected chi connectivity index (χ2v) is 5.49. The summed E-state index contributed by atoms with van der Waals surface area (Å²) in [6.45, 7) is 3.96.